The molecule has 1 unspecified atom stereocenters. The minimum absolute atomic E-state index is 0.0439. The summed E-state index contributed by atoms with van der Waals surface area (Å²) in [6.07, 6.45) is -0.743. The van der Waals surface area contributed by atoms with Crippen LogP contribution in [0.2, 0.25) is 0 Å². The first-order valence-corrected chi connectivity index (χ1v) is 5.39. The number of hydrogen-bond acceptors (Lipinski definition) is 3. The molecular formula is C11H15NOS. The van der Waals surface area contributed by atoms with Crippen LogP contribution in [0.1, 0.15) is 44.5 Å². The summed E-state index contributed by atoms with van der Waals surface area (Å²) in [5, 5.41) is 12.5. The Kier molecular flexibility index (Phi) is 3.30. The van der Waals surface area contributed by atoms with Crippen molar-refractivity contribution in [3.63, 3.8) is 0 Å². The van der Waals surface area contributed by atoms with Crippen LogP contribution in [-0.2, 0) is 5.41 Å². The topological polar surface area (TPSA) is 33.1 Å². The van der Waals surface area contributed by atoms with E-state index >= 15 is 0 Å². The molecule has 0 fully saturated rings. The molecule has 0 aliphatic carbocycles. The SMILES string of the molecule is CC#CC(O)c1csc(C(C)(C)C)n1. The molecule has 1 heterocycles. The highest BCUT2D eigenvalue weighted by molar-refractivity contribution is 7.09. The number of thiazole rings is 1. The van der Waals surface area contributed by atoms with Gasteiger partial charge in [0.2, 0.25) is 0 Å². The lowest BCUT2D eigenvalue weighted by atomic mass is 9.98. The molecule has 0 spiro atoms. The van der Waals surface area contributed by atoms with Gasteiger partial charge in [-0.05, 0) is 6.92 Å². The fourth-order valence-corrected chi connectivity index (χ4v) is 1.89. The normalized spacial score (nSPS) is 13.2. The fourth-order valence-electron chi connectivity index (χ4n) is 0.967. The smallest absolute Gasteiger partial charge is 0.157 e. The third-order valence-electron chi connectivity index (χ3n) is 1.72. The molecule has 0 aliphatic rings. The van der Waals surface area contributed by atoms with Gasteiger partial charge in [0.1, 0.15) is 0 Å². The lowest BCUT2D eigenvalue weighted by Gasteiger charge is -2.13. The molecule has 1 N–H and O–H groups in total. The first-order valence-electron chi connectivity index (χ1n) is 4.51. The molecule has 14 heavy (non-hydrogen) atoms. The van der Waals surface area contributed by atoms with Crippen molar-refractivity contribution in [2.45, 2.75) is 39.2 Å². The Hall–Kier alpha value is -0.850. The van der Waals surface area contributed by atoms with Crippen molar-refractivity contribution >= 4 is 11.3 Å². The van der Waals surface area contributed by atoms with Crippen LogP contribution in [0, 0.1) is 11.8 Å². The van der Waals surface area contributed by atoms with Crippen LogP contribution in [0.15, 0.2) is 5.38 Å². The van der Waals surface area contributed by atoms with E-state index in [9.17, 15) is 5.11 Å². The summed E-state index contributed by atoms with van der Waals surface area (Å²) < 4.78 is 0. The van der Waals surface area contributed by atoms with Crippen molar-refractivity contribution < 1.29 is 5.11 Å². The second-order valence-corrected chi connectivity index (χ2v) is 4.98. The monoisotopic (exact) mass is 209 g/mol. The number of hydrogen-bond donors (Lipinski definition) is 1. The molecule has 1 aromatic heterocycles. The van der Waals surface area contributed by atoms with Crippen molar-refractivity contribution in [1.29, 1.82) is 0 Å². The van der Waals surface area contributed by atoms with E-state index in [0.717, 1.165) is 5.01 Å². The van der Waals surface area contributed by atoms with Crippen LogP contribution < -0.4 is 0 Å². The van der Waals surface area contributed by atoms with Gasteiger partial charge in [-0.1, -0.05) is 26.7 Å². The van der Waals surface area contributed by atoms with Crippen LogP contribution in [0.5, 0.6) is 0 Å². The first-order chi connectivity index (χ1) is 6.45. The van der Waals surface area contributed by atoms with Crippen molar-refractivity contribution in [2.75, 3.05) is 0 Å². The zero-order valence-corrected chi connectivity index (χ0v) is 9.77. The summed E-state index contributed by atoms with van der Waals surface area (Å²) in [5.41, 5.74) is 0.705. The quantitative estimate of drug-likeness (QED) is 0.721. The van der Waals surface area contributed by atoms with Gasteiger partial charge < -0.3 is 5.11 Å². The molecule has 3 heteroatoms. The standard InChI is InChI=1S/C11H15NOS/c1-5-6-9(13)8-7-14-10(12-8)11(2,3)4/h7,9,13H,1-4H3. The Morgan fingerprint density at radius 3 is 2.57 bits per heavy atom. The van der Waals surface area contributed by atoms with E-state index in [1.807, 2.05) is 5.38 Å². The zero-order valence-electron chi connectivity index (χ0n) is 8.96. The Morgan fingerprint density at radius 2 is 2.14 bits per heavy atom. The molecule has 2 nitrogen and oxygen atoms in total. The maximum absolute atomic E-state index is 9.57. The number of rotatable bonds is 1. The molecule has 0 bridgehead atoms. The molecule has 0 saturated heterocycles. The van der Waals surface area contributed by atoms with E-state index in [0.29, 0.717) is 5.69 Å². The van der Waals surface area contributed by atoms with E-state index in [4.69, 9.17) is 0 Å². The first kappa shape index (κ1) is 11.2. The highest BCUT2D eigenvalue weighted by Gasteiger charge is 2.19. The summed E-state index contributed by atoms with van der Waals surface area (Å²) in [6.45, 7) is 8.02. The highest BCUT2D eigenvalue weighted by Crippen LogP contribution is 2.27. The molecule has 0 saturated carbocycles. The van der Waals surface area contributed by atoms with Crippen LogP contribution >= 0.6 is 11.3 Å². The van der Waals surface area contributed by atoms with Gasteiger partial charge in [0.25, 0.3) is 0 Å². The summed E-state index contributed by atoms with van der Waals surface area (Å²) in [4.78, 5) is 4.37. The van der Waals surface area contributed by atoms with Crippen molar-refractivity contribution in [2.24, 2.45) is 0 Å². The predicted octanol–water partition coefficient (Wildman–Crippen LogP) is 2.50. The molecule has 1 atom stereocenters. The Labute approximate surface area is 89.0 Å². The minimum Gasteiger partial charge on any atom is -0.374 e. The van der Waals surface area contributed by atoms with Gasteiger partial charge in [-0.2, -0.15) is 0 Å². The van der Waals surface area contributed by atoms with Crippen LogP contribution in [0.3, 0.4) is 0 Å². The summed E-state index contributed by atoms with van der Waals surface area (Å²) in [6, 6.07) is 0. The molecule has 0 radical (unpaired) electrons. The molecule has 1 aromatic rings. The molecule has 0 aliphatic heterocycles. The Balaban J connectivity index is 2.92. The second kappa shape index (κ2) is 4.12. The Bertz CT molecular complexity index is 365. The third kappa shape index (κ3) is 2.57. The Morgan fingerprint density at radius 1 is 1.50 bits per heavy atom. The molecule has 1 rings (SSSR count). The van der Waals surface area contributed by atoms with Gasteiger partial charge in [0.05, 0.1) is 10.7 Å². The number of aliphatic hydroxyl groups is 1. The highest BCUT2D eigenvalue weighted by atomic mass is 32.1. The minimum atomic E-state index is -0.743. The summed E-state index contributed by atoms with van der Waals surface area (Å²) in [7, 11) is 0. The van der Waals surface area contributed by atoms with Crippen molar-refractivity contribution in [3.8, 4) is 11.8 Å². The average Bonchev–Trinajstić information content (AvgIpc) is 2.51. The number of aromatic nitrogens is 1. The van der Waals surface area contributed by atoms with Gasteiger partial charge in [-0.3, -0.25) is 0 Å². The van der Waals surface area contributed by atoms with Crippen LogP contribution in [0.4, 0.5) is 0 Å². The van der Waals surface area contributed by atoms with E-state index in [1.165, 1.54) is 0 Å². The van der Waals surface area contributed by atoms with Crippen molar-refractivity contribution in [1.82, 2.24) is 4.98 Å². The molecule has 76 valence electrons. The predicted molar refractivity (Wildman–Crippen MR) is 59.2 cm³/mol. The lowest BCUT2D eigenvalue weighted by Crippen LogP contribution is -2.10. The largest absolute Gasteiger partial charge is 0.374 e. The lowest BCUT2D eigenvalue weighted by molar-refractivity contribution is 0.233. The molecular weight excluding hydrogens is 194 g/mol. The zero-order chi connectivity index (χ0) is 10.8. The van der Waals surface area contributed by atoms with Gasteiger partial charge in [0, 0.05) is 10.8 Å². The summed E-state index contributed by atoms with van der Waals surface area (Å²) in [5.74, 6) is 5.35. The van der Waals surface area contributed by atoms with Gasteiger partial charge >= 0.3 is 0 Å². The van der Waals surface area contributed by atoms with Gasteiger partial charge in [-0.25, -0.2) is 4.98 Å². The number of aliphatic hydroxyl groups excluding tert-OH is 1. The van der Waals surface area contributed by atoms with Gasteiger partial charge in [-0.15, -0.1) is 17.3 Å². The fraction of sp³-hybridized carbons (Fsp3) is 0.545. The maximum atomic E-state index is 9.57. The molecule has 0 aromatic carbocycles. The summed E-state index contributed by atoms with van der Waals surface area (Å²) >= 11 is 1.57. The molecule has 0 amide bonds. The van der Waals surface area contributed by atoms with Crippen LogP contribution in [-0.4, -0.2) is 10.1 Å². The second-order valence-electron chi connectivity index (χ2n) is 4.12. The van der Waals surface area contributed by atoms with Crippen molar-refractivity contribution in [3.05, 3.63) is 16.1 Å². The van der Waals surface area contributed by atoms with E-state index in [2.05, 4.69) is 37.6 Å². The van der Waals surface area contributed by atoms with E-state index in [-0.39, 0.29) is 5.41 Å². The van der Waals surface area contributed by atoms with Crippen LogP contribution in [0.25, 0.3) is 0 Å². The van der Waals surface area contributed by atoms with E-state index in [1.54, 1.807) is 18.3 Å². The van der Waals surface area contributed by atoms with Gasteiger partial charge in [0.15, 0.2) is 6.10 Å². The number of nitrogens with zero attached hydrogens (tertiary/aromatic N) is 1. The van der Waals surface area contributed by atoms with E-state index < -0.39 is 6.10 Å². The average molecular weight is 209 g/mol. The third-order valence-corrected chi connectivity index (χ3v) is 3.01. The maximum Gasteiger partial charge on any atom is 0.157 e.